The van der Waals surface area contributed by atoms with E-state index in [1.165, 1.54) is 309 Å². The van der Waals surface area contributed by atoms with Gasteiger partial charge in [-0.15, -0.1) is 0 Å². The first kappa shape index (κ1) is 81.9. The molecule has 0 N–H and O–H groups in total. The van der Waals surface area contributed by atoms with Crippen molar-refractivity contribution >= 4 is 162 Å². The van der Waals surface area contributed by atoms with E-state index in [0.29, 0.717) is 0 Å². The average Bonchev–Trinajstić information content (AvgIpc) is 1.48. The number of para-hydroxylation sites is 2. The van der Waals surface area contributed by atoms with Gasteiger partial charge in [0, 0.05) is 133 Å². The van der Waals surface area contributed by atoms with Gasteiger partial charge in [-0.3, -0.25) is 0 Å². The maximum absolute atomic E-state index is 2.49. The maximum atomic E-state index is 2.49. The Kier molecular flexibility index (Phi) is 18.6. The van der Waals surface area contributed by atoms with E-state index in [9.17, 15) is 0 Å². The number of aromatic nitrogens is 6. The summed E-state index contributed by atoms with van der Waals surface area (Å²) in [4.78, 5) is 0. The second kappa shape index (κ2) is 31.4. The SMILES string of the molecule is Cc1c(C)n(-c2ccc(-c3ccccc3)cc2)c2c1cc1ccc3c4c(ccc2c14)cc1c(C)c(C)n(-c2ccc(-c4ccccc4)cc2)c13.Cc1c(C)n(-c2cccc(-c3ccccc3)c2)c2c1cc1ccc3c4c(ccc2c14)cc1c(C)c(C)n(-c2cccc(-c4ccccc4)c2)c13.Cc1c(C)n(-c2ccccc2)c2c1cc1ccc3c4c(ccc2c14)cc1c(C)c(C)n(-c2ccccc2)c13. The smallest absolute Gasteiger partial charge is 0.0613 e. The molecule has 0 radical (unpaired) electrons. The van der Waals surface area contributed by atoms with Gasteiger partial charge in [0.05, 0.1) is 33.1 Å². The molecule has 6 nitrogen and oxygen atoms in total. The van der Waals surface area contributed by atoms with Gasteiger partial charge in [0.15, 0.2) is 0 Å². The Morgan fingerprint density at radius 3 is 0.507 bits per heavy atom. The Labute approximate surface area is 801 Å². The van der Waals surface area contributed by atoms with Crippen LogP contribution >= 0.6 is 0 Å². The van der Waals surface area contributed by atoms with Crippen molar-refractivity contribution in [3.63, 3.8) is 0 Å². The summed E-state index contributed by atoms with van der Waals surface area (Å²) in [6.07, 6.45) is 0. The molecule has 6 heteroatoms. The van der Waals surface area contributed by atoms with Crippen LogP contribution in [0.15, 0.2) is 388 Å². The molecular weight excluding hydrogens is 1670 g/mol. The first-order valence-corrected chi connectivity index (χ1v) is 48.5. The van der Waals surface area contributed by atoms with E-state index in [0.717, 1.165) is 0 Å². The van der Waals surface area contributed by atoms with Gasteiger partial charge in [-0.1, -0.05) is 279 Å². The van der Waals surface area contributed by atoms with E-state index in [2.05, 4.69) is 499 Å². The third kappa shape index (κ3) is 12.2. The summed E-state index contributed by atoms with van der Waals surface area (Å²) in [5, 5.41) is 31.7. The molecule has 0 saturated carbocycles. The van der Waals surface area contributed by atoms with Crippen LogP contribution in [-0.2, 0) is 0 Å². The van der Waals surface area contributed by atoms with Crippen LogP contribution in [0.1, 0.15) is 67.5 Å². The number of benzene rings is 22. The second-order valence-corrected chi connectivity index (χ2v) is 38.5. The van der Waals surface area contributed by atoms with Gasteiger partial charge in [0.2, 0.25) is 0 Å². The van der Waals surface area contributed by atoms with Gasteiger partial charge in [0.1, 0.15) is 0 Å². The lowest BCUT2D eigenvalue weighted by molar-refractivity contribution is 1.04. The Hall–Kier alpha value is -16.8. The molecule has 0 amide bonds. The number of hydrogen-bond acceptors (Lipinski definition) is 0. The van der Waals surface area contributed by atoms with Crippen LogP contribution < -0.4 is 0 Å². The zero-order valence-electron chi connectivity index (χ0n) is 79.6. The second-order valence-electron chi connectivity index (χ2n) is 38.5. The zero-order chi connectivity index (χ0) is 93.1. The molecule has 0 aliphatic heterocycles. The minimum absolute atomic E-state index is 1.19. The predicted molar refractivity (Wildman–Crippen MR) is 590 cm³/mol. The molecule has 0 fully saturated rings. The fourth-order valence-electron chi connectivity index (χ4n) is 24.0. The molecule has 22 aromatic carbocycles. The van der Waals surface area contributed by atoms with E-state index in [-0.39, 0.29) is 0 Å². The summed E-state index contributed by atoms with van der Waals surface area (Å²) in [7, 11) is 0. The molecule has 0 aliphatic rings. The number of hydrogen-bond donors (Lipinski definition) is 0. The van der Waals surface area contributed by atoms with E-state index < -0.39 is 0 Å². The van der Waals surface area contributed by atoms with Gasteiger partial charge >= 0.3 is 0 Å². The van der Waals surface area contributed by atoms with Crippen LogP contribution in [0.25, 0.3) is 241 Å². The Morgan fingerprint density at radius 1 is 0.123 bits per heavy atom. The number of aryl methyl sites for hydroxylation is 6. The Balaban J connectivity index is 0.000000108. The number of nitrogens with zero attached hydrogens (tertiary/aromatic N) is 6. The molecular formula is C132H100N6. The standard InChI is InChI=1S/2C48H36N2.C36H28N2/c1-29-31(3)49(39-19-11-17-35(25-39)33-13-7-5-8-14-33)47-41-23-22-38-28-44-30(2)32(4)50(40-20-12-18-36(26-40)34-15-9-6-10-16-34)48(44)42-24-21-37(27-43(29)47)45(41)46(38)42;1-29-31(3)49(39-21-15-35(16-22-39)33-11-7-5-8-12-33)47-41-25-20-38-28-44-30(2)32(4)50(40-23-17-36(18-24-40)34-13-9-6-10-14-34)48(44)42-26-19-37(27-43(29)47)45(41)46(38)42;1-21-23(3)37(27-11-7-5-8-12-27)35-29-17-16-26-20-32-22(2)24(4)38(28-13-9-6-10-14-28)36(32)30-18-15-25(19-31(21)35)33(29)34(26)30/h2*5-28H,1-4H3;5-20H,1-4H3. The zero-order valence-corrected chi connectivity index (χ0v) is 79.6. The molecule has 0 unspecified atom stereocenters. The molecule has 0 spiro atoms. The van der Waals surface area contributed by atoms with Crippen molar-refractivity contribution in [3.05, 3.63) is 456 Å². The van der Waals surface area contributed by atoms with E-state index in [4.69, 9.17) is 0 Å². The van der Waals surface area contributed by atoms with Crippen LogP contribution in [0, 0.1) is 83.1 Å². The first-order chi connectivity index (χ1) is 67.5. The number of fused-ring (bicyclic) bond motifs is 12. The van der Waals surface area contributed by atoms with Crippen LogP contribution in [0.4, 0.5) is 0 Å². The summed E-state index contributed by atoms with van der Waals surface area (Å²) in [5.74, 6) is 0. The van der Waals surface area contributed by atoms with Gasteiger partial charge in [-0.05, 0) is 335 Å². The maximum Gasteiger partial charge on any atom is 0.0613 e. The highest BCUT2D eigenvalue weighted by Gasteiger charge is 2.29. The topological polar surface area (TPSA) is 29.6 Å². The predicted octanol–water partition coefficient (Wildman–Crippen LogP) is 35.8. The summed E-state index contributed by atoms with van der Waals surface area (Å²) in [5.41, 5.74) is 40.5. The van der Waals surface area contributed by atoms with Crippen LogP contribution in [0.2, 0.25) is 0 Å². The summed E-state index contributed by atoms with van der Waals surface area (Å²) >= 11 is 0. The fraction of sp³-hybridized carbons (Fsp3) is 0.0909. The minimum Gasteiger partial charge on any atom is -0.313 e. The van der Waals surface area contributed by atoms with Crippen molar-refractivity contribution in [1.82, 2.24) is 27.4 Å². The third-order valence-electron chi connectivity index (χ3n) is 31.5. The molecule has 0 saturated heterocycles. The van der Waals surface area contributed by atoms with E-state index >= 15 is 0 Å². The van der Waals surface area contributed by atoms with Crippen molar-refractivity contribution in [2.45, 2.75) is 83.1 Å². The largest absolute Gasteiger partial charge is 0.313 e. The molecule has 28 rings (SSSR count). The van der Waals surface area contributed by atoms with Gasteiger partial charge in [0.25, 0.3) is 0 Å². The van der Waals surface area contributed by atoms with Crippen molar-refractivity contribution in [1.29, 1.82) is 0 Å². The molecule has 0 bridgehead atoms. The van der Waals surface area contributed by atoms with Gasteiger partial charge in [-0.2, -0.15) is 0 Å². The monoisotopic (exact) mass is 1770 g/mol. The first-order valence-electron chi connectivity index (χ1n) is 48.5. The lowest BCUT2D eigenvalue weighted by Crippen LogP contribution is -1.99. The summed E-state index contributed by atoms with van der Waals surface area (Å²) < 4.78 is 14.8. The lowest BCUT2D eigenvalue weighted by Gasteiger charge is -2.17. The van der Waals surface area contributed by atoms with Gasteiger partial charge < -0.3 is 27.4 Å². The Morgan fingerprint density at radius 2 is 0.290 bits per heavy atom. The lowest BCUT2D eigenvalue weighted by atomic mass is 9.91. The van der Waals surface area contributed by atoms with Crippen molar-refractivity contribution in [3.8, 4) is 78.6 Å². The van der Waals surface area contributed by atoms with E-state index in [1.807, 2.05) is 0 Å². The average molecular weight is 1770 g/mol. The van der Waals surface area contributed by atoms with Crippen LogP contribution in [0.5, 0.6) is 0 Å². The third-order valence-corrected chi connectivity index (χ3v) is 31.5. The molecule has 6 aromatic heterocycles. The minimum atomic E-state index is 1.19. The molecule has 0 aliphatic carbocycles. The van der Waals surface area contributed by atoms with Gasteiger partial charge in [-0.25, -0.2) is 0 Å². The summed E-state index contributed by atoms with van der Waals surface area (Å²) in [6.45, 7) is 27.2. The molecule has 6 heterocycles. The summed E-state index contributed by atoms with van der Waals surface area (Å²) in [6, 6.07) is 143. The number of rotatable bonds is 10. The van der Waals surface area contributed by atoms with Crippen LogP contribution in [0.3, 0.4) is 0 Å². The normalized spacial score (nSPS) is 12.1. The van der Waals surface area contributed by atoms with Crippen molar-refractivity contribution in [2.24, 2.45) is 0 Å². The van der Waals surface area contributed by atoms with Crippen molar-refractivity contribution in [2.75, 3.05) is 0 Å². The molecule has 0 atom stereocenters. The van der Waals surface area contributed by atoms with Crippen LogP contribution in [-0.4, -0.2) is 27.4 Å². The highest BCUT2D eigenvalue weighted by molar-refractivity contribution is 6.36. The Bertz CT molecular complexity index is 9260. The molecule has 28 aromatic rings. The fourth-order valence-corrected chi connectivity index (χ4v) is 24.0. The molecule has 658 valence electrons. The highest BCUT2D eigenvalue weighted by Crippen LogP contribution is 2.52. The van der Waals surface area contributed by atoms with E-state index in [1.54, 1.807) is 0 Å². The quantitative estimate of drug-likeness (QED) is 0.122. The highest BCUT2D eigenvalue weighted by atomic mass is 15.0. The van der Waals surface area contributed by atoms with Crippen molar-refractivity contribution < 1.29 is 0 Å². The molecule has 138 heavy (non-hydrogen) atoms.